The summed E-state index contributed by atoms with van der Waals surface area (Å²) in [5, 5.41) is 4.69. The van der Waals surface area contributed by atoms with Crippen molar-refractivity contribution in [2.24, 2.45) is 0 Å². The van der Waals surface area contributed by atoms with Crippen molar-refractivity contribution in [2.45, 2.75) is 0 Å². The number of anilines is 3. The molecule has 3 nitrogen and oxygen atoms in total. The Kier molecular flexibility index (Phi) is 8.83. The first-order valence-corrected chi connectivity index (χ1v) is 21.5. The predicted molar refractivity (Wildman–Crippen MR) is 264 cm³/mol. The van der Waals surface area contributed by atoms with E-state index in [0.29, 0.717) is 0 Å². The molecule has 0 aliphatic rings. The molecule has 12 aromatic rings. The Morgan fingerprint density at radius 3 is 1.62 bits per heavy atom. The van der Waals surface area contributed by atoms with Gasteiger partial charge in [0.15, 0.2) is 0 Å². The second-order valence-electron chi connectivity index (χ2n) is 16.1. The van der Waals surface area contributed by atoms with Crippen LogP contribution >= 0.6 is 0 Å². The highest BCUT2D eigenvalue weighted by molar-refractivity contribution is 6.11. The van der Waals surface area contributed by atoms with Crippen molar-refractivity contribution in [2.75, 3.05) is 4.90 Å². The molecule has 0 spiro atoms. The number of fused-ring (bicyclic) bond motifs is 6. The summed E-state index contributed by atoms with van der Waals surface area (Å²) in [5.41, 5.74) is 17.8. The average molecular weight is 805 g/mol. The number of furan rings is 1. The third-order valence-corrected chi connectivity index (χ3v) is 12.4. The minimum atomic E-state index is 0.898. The molecular formula is C60H40N2O. The summed E-state index contributed by atoms with van der Waals surface area (Å²) in [6.45, 7) is 0. The van der Waals surface area contributed by atoms with Gasteiger partial charge >= 0.3 is 0 Å². The lowest BCUT2D eigenvalue weighted by Crippen LogP contribution is -2.11. The SMILES string of the molecule is c1ccc(-c2ccccc2-c2ccccc2-c2ccccc2N(c2ccc(-c3ccc4oc5ccccc5c4c3)cc2)c2ccc3c4ccccc4n(-c4ccccc4)c3c2)cc1. The third kappa shape index (κ3) is 6.29. The molecule has 2 aromatic heterocycles. The first kappa shape index (κ1) is 36.5. The van der Waals surface area contributed by atoms with Crippen molar-refractivity contribution in [3.63, 3.8) is 0 Å². The first-order valence-electron chi connectivity index (χ1n) is 21.5. The van der Waals surface area contributed by atoms with E-state index in [9.17, 15) is 0 Å². The van der Waals surface area contributed by atoms with E-state index in [0.717, 1.165) is 66.9 Å². The maximum atomic E-state index is 6.18. The summed E-state index contributed by atoms with van der Waals surface area (Å²) in [7, 11) is 0. The summed E-state index contributed by atoms with van der Waals surface area (Å²) < 4.78 is 8.58. The van der Waals surface area contributed by atoms with Crippen molar-refractivity contribution in [1.82, 2.24) is 4.57 Å². The van der Waals surface area contributed by atoms with Crippen LogP contribution in [0.5, 0.6) is 0 Å². The molecule has 10 aromatic carbocycles. The topological polar surface area (TPSA) is 21.3 Å². The fraction of sp³-hybridized carbons (Fsp3) is 0. The zero-order chi connectivity index (χ0) is 41.7. The van der Waals surface area contributed by atoms with E-state index in [1.54, 1.807) is 0 Å². The van der Waals surface area contributed by atoms with Gasteiger partial charge in [0.1, 0.15) is 11.2 Å². The van der Waals surface area contributed by atoms with Crippen LogP contribution in [0.15, 0.2) is 247 Å². The van der Waals surface area contributed by atoms with Gasteiger partial charge in [-0.15, -0.1) is 0 Å². The molecule has 0 saturated heterocycles. The standard InChI is InChI=1S/C60H40N2O/c1-3-17-42(18-4-1)47-21-7-8-22-48(47)49-23-9-10-24-50(49)51-25-11-14-28-56(51)61(45-34-31-41(32-35-45)43-33-38-60-55(39-43)54-27-13-16-30-59(54)63-60)46-36-37-53-52-26-12-15-29-57(52)62(58(53)40-46)44-19-5-2-6-20-44/h1-40H. The molecule has 0 aliphatic carbocycles. The van der Waals surface area contributed by atoms with Gasteiger partial charge in [-0.25, -0.2) is 0 Å². The van der Waals surface area contributed by atoms with Crippen LogP contribution in [-0.2, 0) is 0 Å². The number of rotatable bonds is 8. The van der Waals surface area contributed by atoms with Crippen molar-refractivity contribution in [1.29, 1.82) is 0 Å². The zero-order valence-corrected chi connectivity index (χ0v) is 34.4. The van der Waals surface area contributed by atoms with E-state index >= 15 is 0 Å². The number of aromatic nitrogens is 1. The van der Waals surface area contributed by atoms with Crippen LogP contribution < -0.4 is 4.90 Å². The molecule has 0 amide bonds. The molecule has 2 heterocycles. The smallest absolute Gasteiger partial charge is 0.135 e. The average Bonchev–Trinajstić information content (AvgIpc) is 3.90. The lowest BCUT2D eigenvalue weighted by molar-refractivity contribution is 0.669. The van der Waals surface area contributed by atoms with E-state index in [1.165, 1.54) is 44.1 Å². The monoisotopic (exact) mass is 804 g/mol. The summed E-state index contributed by atoms with van der Waals surface area (Å²) in [6, 6.07) is 87.3. The van der Waals surface area contributed by atoms with Crippen LogP contribution in [-0.4, -0.2) is 4.57 Å². The van der Waals surface area contributed by atoms with Crippen LogP contribution in [0.3, 0.4) is 0 Å². The normalized spacial score (nSPS) is 11.5. The van der Waals surface area contributed by atoms with Gasteiger partial charge in [0.25, 0.3) is 0 Å². The highest BCUT2D eigenvalue weighted by Gasteiger charge is 2.22. The molecule has 296 valence electrons. The number of hydrogen-bond donors (Lipinski definition) is 0. The van der Waals surface area contributed by atoms with Crippen LogP contribution in [0.25, 0.3) is 93.9 Å². The number of hydrogen-bond acceptors (Lipinski definition) is 2. The fourth-order valence-electron chi connectivity index (χ4n) is 9.53. The lowest BCUT2D eigenvalue weighted by Gasteiger charge is -2.29. The molecule has 0 unspecified atom stereocenters. The van der Waals surface area contributed by atoms with E-state index in [2.05, 4.69) is 240 Å². The number of para-hydroxylation sites is 4. The Labute approximate surface area is 366 Å². The van der Waals surface area contributed by atoms with Crippen molar-refractivity contribution in [3.05, 3.63) is 243 Å². The van der Waals surface area contributed by atoms with Gasteiger partial charge < -0.3 is 13.9 Å². The van der Waals surface area contributed by atoms with Gasteiger partial charge in [-0.3, -0.25) is 0 Å². The lowest BCUT2D eigenvalue weighted by atomic mass is 9.88. The maximum absolute atomic E-state index is 6.18. The maximum Gasteiger partial charge on any atom is 0.135 e. The Morgan fingerprint density at radius 2 is 0.841 bits per heavy atom. The van der Waals surface area contributed by atoms with Gasteiger partial charge in [0.05, 0.1) is 16.7 Å². The van der Waals surface area contributed by atoms with Gasteiger partial charge in [0, 0.05) is 44.2 Å². The molecule has 63 heavy (non-hydrogen) atoms. The predicted octanol–water partition coefficient (Wildman–Crippen LogP) is 16.8. The molecular weight excluding hydrogens is 765 g/mol. The van der Waals surface area contributed by atoms with E-state index < -0.39 is 0 Å². The molecule has 0 bridgehead atoms. The van der Waals surface area contributed by atoms with Crippen molar-refractivity contribution >= 4 is 60.8 Å². The molecule has 0 radical (unpaired) electrons. The molecule has 0 aliphatic heterocycles. The van der Waals surface area contributed by atoms with E-state index in [1.807, 2.05) is 12.1 Å². The van der Waals surface area contributed by atoms with Crippen molar-refractivity contribution in [3.8, 4) is 50.2 Å². The van der Waals surface area contributed by atoms with Crippen LogP contribution in [0, 0.1) is 0 Å². The Hall–Kier alpha value is -8.40. The zero-order valence-electron chi connectivity index (χ0n) is 34.4. The highest BCUT2D eigenvalue weighted by Crippen LogP contribution is 2.47. The molecule has 12 rings (SSSR count). The van der Waals surface area contributed by atoms with E-state index in [4.69, 9.17) is 4.42 Å². The minimum absolute atomic E-state index is 0.898. The Morgan fingerprint density at radius 1 is 0.302 bits per heavy atom. The summed E-state index contributed by atoms with van der Waals surface area (Å²) in [4.78, 5) is 2.43. The summed E-state index contributed by atoms with van der Waals surface area (Å²) in [6.07, 6.45) is 0. The summed E-state index contributed by atoms with van der Waals surface area (Å²) >= 11 is 0. The summed E-state index contributed by atoms with van der Waals surface area (Å²) in [5.74, 6) is 0. The fourth-order valence-corrected chi connectivity index (χ4v) is 9.53. The molecule has 3 heteroatoms. The molecule has 0 saturated carbocycles. The van der Waals surface area contributed by atoms with Gasteiger partial charge in [0.2, 0.25) is 0 Å². The van der Waals surface area contributed by atoms with Gasteiger partial charge in [-0.1, -0.05) is 176 Å². The van der Waals surface area contributed by atoms with Crippen LogP contribution in [0.2, 0.25) is 0 Å². The second kappa shape index (κ2) is 15.3. The largest absolute Gasteiger partial charge is 0.456 e. The number of nitrogens with zero attached hydrogens (tertiary/aromatic N) is 2. The second-order valence-corrected chi connectivity index (χ2v) is 16.1. The van der Waals surface area contributed by atoms with Gasteiger partial charge in [-0.2, -0.15) is 0 Å². The highest BCUT2D eigenvalue weighted by atomic mass is 16.3. The Bertz CT molecular complexity index is 3620. The number of benzene rings is 10. The van der Waals surface area contributed by atoms with Gasteiger partial charge in [-0.05, 0) is 106 Å². The van der Waals surface area contributed by atoms with Crippen LogP contribution in [0.4, 0.5) is 17.1 Å². The van der Waals surface area contributed by atoms with Crippen LogP contribution in [0.1, 0.15) is 0 Å². The van der Waals surface area contributed by atoms with E-state index in [-0.39, 0.29) is 0 Å². The molecule has 0 atom stereocenters. The Balaban J connectivity index is 1.06. The minimum Gasteiger partial charge on any atom is -0.456 e. The third-order valence-electron chi connectivity index (χ3n) is 12.4. The molecule has 0 fully saturated rings. The molecule has 0 N–H and O–H groups in total. The van der Waals surface area contributed by atoms with Crippen molar-refractivity contribution < 1.29 is 4.42 Å². The quantitative estimate of drug-likeness (QED) is 0.153. The first-order chi connectivity index (χ1) is 31.3.